The molecule has 0 bridgehead atoms. The number of aryl methyl sites for hydroxylation is 1. The van der Waals surface area contributed by atoms with Crippen LogP contribution >= 0.6 is 22.6 Å². The summed E-state index contributed by atoms with van der Waals surface area (Å²) in [7, 11) is 0. The largest absolute Gasteiger partial charge is 0.421 e. The number of rotatable bonds is 5. The lowest BCUT2D eigenvalue weighted by molar-refractivity contribution is 0.484. The van der Waals surface area contributed by atoms with Crippen LogP contribution in [0.5, 0.6) is 0 Å². The van der Waals surface area contributed by atoms with Gasteiger partial charge in [0.15, 0.2) is 0 Å². The molecule has 0 fully saturated rings. The van der Waals surface area contributed by atoms with Gasteiger partial charge in [-0.05, 0) is 41.1 Å². The van der Waals surface area contributed by atoms with Crippen LogP contribution in [0.1, 0.15) is 25.3 Å². The van der Waals surface area contributed by atoms with E-state index in [1.165, 1.54) is 5.56 Å². The standard InChI is InChI=1S/C14H18IN3O/c1-9(2)16-8-7-12-17-18-14(19-12)11-6-4-5-10(3)13(11)15/h4-6,9,16H,7-8H2,1-3H3. The van der Waals surface area contributed by atoms with Gasteiger partial charge in [0.05, 0.1) is 5.56 Å². The third kappa shape index (κ3) is 3.76. The summed E-state index contributed by atoms with van der Waals surface area (Å²) in [6, 6.07) is 6.57. The molecule has 1 N–H and O–H groups in total. The Hall–Kier alpha value is -0.950. The first-order chi connectivity index (χ1) is 9.08. The second kappa shape index (κ2) is 6.47. The van der Waals surface area contributed by atoms with Crippen LogP contribution in [-0.2, 0) is 6.42 Å². The Morgan fingerprint density at radius 2 is 2.11 bits per heavy atom. The van der Waals surface area contributed by atoms with Crippen molar-refractivity contribution in [1.29, 1.82) is 0 Å². The van der Waals surface area contributed by atoms with Gasteiger partial charge in [-0.1, -0.05) is 26.0 Å². The average Bonchev–Trinajstić information content (AvgIpc) is 2.81. The molecule has 2 rings (SSSR count). The van der Waals surface area contributed by atoms with Crippen molar-refractivity contribution in [3.05, 3.63) is 33.2 Å². The zero-order valence-corrected chi connectivity index (χ0v) is 13.6. The third-order valence-electron chi connectivity index (χ3n) is 2.78. The highest BCUT2D eigenvalue weighted by Crippen LogP contribution is 2.26. The highest BCUT2D eigenvalue weighted by molar-refractivity contribution is 14.1. The van der Waals surface area contributed by atoms with Gasteiger partial charge in [0.1, 0.15) is 0 Å². The molecule has 0 spiro atoms. The highest BCUT2D eigenvalue weighted by atomic mass is 127. The minimum atomic E-state index is 0.472. The molecule has 102 valence electrons. The van der Waals surface area contributed by atoms with E-state index in [2.05, 4.69) is 64.9 Å². The first-order valence-electron chi connectivity index (χ1n) is 6.39. The molecule has 4 nitrogen and oxygen atoms in total. The SMILES string of the molecule is Cc1cccc(-c2nnc(CCNC(C)C)o2)c1I. The van der Waals surface area contributed by atoms with E-state index in [0.717, 1.165) is 22.1 Å². The van der Waals surface area contributed by atoms with Gasteiger partial charge in [0.25, 0.3) is 0 Å². The Bertz CT molecular complexity index is 551. The molecule has 0 atom stereocenters. The molecule has 19 heavy (non-hydrogen) atoms. The summed E-state index contributed by atoms with van der Waals surface area (Å²) in [6.45, 7) is 7.17. The number of nitrogens with zero attached hydrogens (tertiary/aromatic N) is 2. The van der Waals surface area contributed by atoms with Crippen molar-refractivity contribution in [2.24, 2.45) is 0 Å². The van der Waals surface area contributed by atoms with Crippen molar-refractivity contribution in [2.75, 3.05) is 6.54 Å². The fraction of sp³-hybridized carbons (Fsp3) is 0.429. The number of hydrogen-bond donors (Lipinski definition) is 1. The second-order valence-corrected chi connectivity index (χ2v) is 5.87. The molecule has 0 aliphatic heterocycles. The molecule has 5 heteroatoms. The summed E-state index contributed by atoms with van der Waals surface area (Å²) >= 11 is 2.31. The van der Waals surface area contributed by atoms with Crippen LogP contribution in [0.25, 0.3) is 11.5 Å². The van der Waals surface area contributed by atoms with E-state index < -0.39 is 0 Å². The summed E-state index contributed by atoms with van der Waals surface area (Å²) < 4.78 is 6.88. The summed E-state index contributed by atoms with van der Waals surface area (Å²) in [4.78, 5) is 0. The number of aromatic nitrogens is 2. The van der Waals surface area contributed by atoms with Crippen LogP contribution in [0.15, 0.2) is 22.6 Å². The maximum absolute atomic E-state index is 5.72. The van der Waals surface area contributed by atoms with Crippen molar-refractivity contribution >= 4 is 22.6 Å². The van der Waals surface area contributed by atoms with Crippen LogP contribution in [0, 0.1) is 10.5 Å². The van der Waals surface area contributed by atoms with Crippen LogP contribution in [0.2, 0.25) is 0 Å². The molecule has 2 aromatic rings. The van der Waals surface area contributed by atoms with Crippen LogP contribution in [-0.4, -0.2) is 22.8 Å². The summed E-state index contributed by atoms with van der Waals surface area (Å²) in [5.74, 6) is 1.29. The van der Waals surface area contributed by atoms with Gasteiger partial charge >= 0.3 is 0 Å². The van der Waals surface area contributed by atoms with Crippen molar-refractivity contribution in [3.8, 4) is 11.5 Å². The van der Waals surface area contributed by atoms with Crippen molar-refractivity contribution in [2.45, 2.75) is 33.2 Å². The molecule has 0 aliphatic carbocycles. The van der Waals surface area contributed by atoms with E-state index in [0.29, 0.717) is 17.8 Å². The molecule has 0 aliphatic rings. The topological polar surface area (TPSA) is 51.0 Å². The summed E-state index contributed by atoms with van der Waals surface area (Å²) in [5, 5.41) is 11.6. The molecule has 0 saturated carbocycles. The van der Waals surface area contributed by atoms with Gasteiger partial charge in [-0.3, -0.25) is 0 Å². The minimum absolute atomic E-state index is 0.472. The van der Waals surface area contributed by atoms with E-state index in [4.69, 9.17) is 4.42 Å². The lowest BCUT2D eigenvalue weighted by atomic mass is 10.1. The quantitative estimate of drug-likeness (QED) is 0.821. The molecule has 0 amide bonds. The van der Waals surface area contributed by atoms with Crippen molar-refractivity contribution < 1.29 is 4.42 Å². The van der Waals surface area contributed by atoms with Gasteiger partial charge in [-0.15, -0.1) is 10.2 Å². The van der Waals surface area contributed by atoms with Gasteiger partial charge in [-0.2, -0.15) is 0 Å². The predicted molar refractivity (Wildman–Crippen MR) is 84.0 cm³/mol. The van der Waals surface area contributed by atoms with E-state index in [1.54, 1.807) is 0 Å². The predicted octanol–water partition coefficient (Wildman–Crippen LogP) is 3.19. The smallest absolute Gasteiger partial charge is 0.248 e. The maximum atomic E-state index is 5.72. The van der Waals surface area contributed by atoms with Crippen molar-refractivity contribution in [3.63, 3.8) is 0 Å². The van der Waals surface area contributed by atoms with Gasteiger partial charge in [-0.25, -0.2) is 0 Å². The zero-order valence-electron chi connectivity index (χ0n) is 11.4. The van der Waals surface area contributed by atoms with Gasteiger partial charge in [0, 0.05) is 22.6 Å². The molecule has 1 aromatic heterocycles. The van der Waals surface area contributed by atoms with Crippen molar-refractivity contribution in [1.82, 2.24) is 15.5 Å². The average molecular weight is 371 g/mol. The Morgan fingerprint density at radius 1 is 1.32 bits per heavy atom. The minimum Gasteiger partial charge on any atom is -0.421 e. The Balaban J connectivity index is 2.10. The zero-order chi connectivity index (χ0) is 13.8. The van der Waals surface area contributed by atoms with Crippen LogP contribution < -0.4 is 5.32 Å². The van der Waals surface area contributed by atoms with E-state index in [9.17, 15) is 0 Å². The fourth-order valence-corrected chi connectivity index (χ4v) is 2.33. The Labute approximate surface area is 127 Å². The van der Waals surface area contributed by atoms with Gasteiger partial charge < -0.3 is 9.73 Å². The highest BCUT2D eigenvalue weighted by Gasteiger charge is 2.12. The second-order valence-electron chi connectivity index (χ2n) is 4.80. The van der Waals surface area contributed by atoms with Crippen LogP contribution in [0.4, 0.5) is 0 Å². The molecule has 0 radical (unpaired) electrons. The number of nitrogens with one attached hydrogen (secondary N) is 1. The molecule has 1 aromatic carbocycles. The van der Waals surface area contributed by atoms with Gasteiger partial charge in [0.2, 0.25) is 11.8 Å². The fourth-order valence-electron chi connectivity index (χ4n) is 1.74. The summed E-state index contributed by atoms with van der Waals surface area (Å²) in [6.07, 6.45) is 0.758. The van der Waals surface area contributed by atoms with E-state index in [-0.39, 0.29) is 0 Å². The van der Waals surface area contributed by atoms with E-state index >= 15 is 0 Å². The lowest BCUT2D eigenvalue weighted by Gasteiger charge is -2.05. The molecule has 1 heterocycles. The monoisotopic (exact) mass is 371 g/mol. The molecule has 0 saturated heterocycles. The third-order valence-corrected chi connectivity index (χ3v) is 4.21. The Morgan fingerprint density at radius 3 is 2.84 bits per heavy atom. The summed E-state index contributed by atoms with van der Waals surface area (Å²) in [5.41, 5.74) is 2.23. The van der Waals surface area contributed by atoms with Crippen LogP contribution in [0.3, 0.4) is 0 Å². The molecular formula is C14H18IN3O. The molecule has 0 unspecified atom stereocenters. The number of hydrogen-bond acceptors (Lipinski definition) is 4. The van der Waals surface area contributed by atoms with E-state index in [1.807, 2.05) is 12.1 Å². The number of halogens is 1. The number of benzene rings is 1. The maximum Gasteiger partial charge on any atom is 0.248 e. The lowest BCUT2D eigenvalue weighted by Crippen LogP contribution is -2.25. The molecular weight excluding hydrogens is 353 g/mol. The normalized spacial score (nSPS) is 11.2. The first-order valence-corrected chi connectivity index (χ1v) is 7.47. The Kier molecular flexibility index (Phi) is 4.93. The first kappa shape index (κ1) is 14.5.